The summed E-state index contributed by atoms with van der Waals surface area (Å²) in [6.45, 7) is 2.50. The molecule has 1 nitrogen and oxygen atoms in total. The van der Waals surface area contributed by atoms with Crippen molar-refractivity contribution in [3.8, 4) is 0 Å². The highest BCUT2D eigenvalue weighted by atomic mass is 32.2. The van der Waals surface area contributed by atoms with Crippen molar-refractivity contribution in [1.82, 2.24) is 4.72 Å². The van der Waals surface area contributed by atoms with E-state index in [2.05, 4.69) is 11.6 Å². The van der Waals surface area contributed by atoms with E-state index in [1.807, 2.05) is 0 Å². The van der Waals surface area contributed by atoms with Crippen LogP contribution in [0.15, 0.2) is 0 Å². The van der Waals surface area contributed by atoms with Gasteiger partial charge in [-0.2, -0.15) is 13.2 Å². The summed E-state index contributed by atoms with van der Waals surface area (Å²) in [7, 11) is 0. The van der Waals surface area contributed by atoms with Crippen molar-refractivity contribution in [2.45, 2.75) is 38.1 Å². The summed E-state index contributed by atoms with van der Waals surface area (Å²) in [4.78, 5) is 0. The van der Waals surface area contributed by atoms with Gasteiger partial charge in [-0.15, -0.1) is 0 Å². The second-order valence-corrected chi connectivity index (χ2v) is 3.46. The largest absolute Gasteiger partial charge is 0.456 e. The monoisotopic (exact) mass is 201 g/mol. The fourth-order valence-corrected chi connectivity index (χ4v) is 1.17. The van der Waals surface area contributed by atoms with E-state index < -0.39 is 5.51 Å². The Bertz CT molecular complexity index is 105. The van der Waals surface area contributed by atoms with Gasteiger partial charge in [0, 0.05) is 18.5 Å². The van der Waals surface area contributed by atoms with Gasteiger partial charge < -0.3 is 0 Å². The molecule has 0 saturated heterocycles. The zero-order valence-electron chi connectivity index (χ0n) is 7.08. The van der Waals surface area contributed by atoms with E-state index in [0.717, 1.165) is 25.7 Å². The van der Waals surface area contributed by atoms with Crippen LogP contribution in [0.2, 0.25) is 0 Å². The molecule has 12 heavy (non-hydrogen) atoms. The van der Waals surface area contributed by atoms with E-state index in [0.29, 0.717) is 6.54 Å². The minimum Gasteiger partial charge on any atom is -0.257 e. The highest BCUT2D eigenvalue weighted by molar-refractivity contribution is 7.98. The molecule has 0 aromatic heterocycles. The van der Waals surface area contributed by atoms with Gasteiger partial charge in [0.25, 0.3) is 0 Å². The van der Waals surface area contributed by atoms with Crippen LogP contribution in [0.4, 0.5) is 13.2 Å². The van der Waals surface area contributed by atoms with Crippen molar-refractivity contribution in [2.75, 3.05) is 6.54 Å². The molecule has 0 atom stereocenters. The first-order chi connectivity index (χ1) is 5.56. The fraction of sp³-hybridized carbons (Fsp3) is 1.00. The van der Waals surface area contributed by atoms with Crippen LogP contribution in [0.1, 0.15) is 32.6 Å². The molecule has 0 aliphatic rings. The van der Waals surface area contributed by atoms with Gasteiger partial charge in [-0.3, -0.25) is 4.72 Å². The molecule has 0 rings (SSSR count). The molecule has 0 aromatic rings. The number of hydrogen-bond acceptors (Lipinski definition) is 2. The topological polar surface area (TPSA) is 12.0 Å². The Morgan fingerprint density at radius 2 is 1.83 bits per heavy atom. The second kappa shape index (κ2) is 6.60. The average Bonchev–Trinajstić information content (AvgIpc) is 1.94. The van der Waals surface area contributed by atoms with Crippen molar-refractivity contribution in [1.29, 1.82) is 0 Å². The Morgan fingerprint density at radius 3 is 2.33 bits per heavy atom. The summed E-state index contributed by atoms with van der Waals surface area (Å²) < 4.78 is 36.9. The predicted molar refractivity (Wildman–Crippen MR) is 45.8 cm³/mol. The maximum atomic E-state index is 11.5. The summed E-state index contributed by atoms with van der Waals surface area (Å²) in [6, 6.07) is 0. The SMILES string of the molecule is CCCCCCNSC(F)(F)F. The second-order valence-electron chi connectivity index (χ2n) is 2.50. The molecule has 0 heterocycles. The van der Waals surface area contributed by atoms with E-state index in [1.165, 1.54) is 0 Å². The number of halogens is 3. The number of unbranched alkanes of at least 4 members (excludes halogenated alkanes) is 3. The van der Waals surface area contributed by atoms with Crippen LogP contribution < -0.4 is 4.72 Å². The molecule has 0 aromatic carbocycles. The molecule has 0 spiro atoms. The molecule has 0 aliphatic carbocycles. The predicted octanol–water partition coefficient (Wildman–Crippen LogP) is 3.32. The molecule has 0 bridgehead atoms. The van der Waals surface area contributed by atoms with Gasteiger partial charge in [-0.1, -0.05) is 26.2 Å². The van der Waals surface area contributed by atoms with E-state index >= 15 is 0 Å². The summed E-state index contributed by atoms with van der Waals surface area (Å²) in [5, 5.41) is 0. The average molecular weight is 201 g/mol. The fourth-order valence-electron chi connectivity index (χ4n) is 0.757. The number of alkyl halides is 3. The lowest BCUT2D eigenvalue weighted by Gasteiger charge is -2.05. The lowest BCUT2D eigenvalue weighted by molar-refractivity contribution is -0.0335. The normalized spacial score (nSPS) is 12.0. The molecule has 0 radical (unpaired) electrons. The third kappa shape index (κ3) is 10.1. The van der Waals surface area contributed by atoms with Crippen LogP contribution in [0.25, 0.3) is 0 Å². The van der Waals surface area contributed by atoms with Gasteiger partial charge in [0.2, 0.25) is 0 Å². The first kappa shape index (κ1) is 12.1. The smallest absolute Gasteiger partial charge is 0.257 e. The highest BCUT2D eigenvalue weighted by Gasteiger charge is 2.27. The van der Waals surface area contributed by atoms with Crippen LogP contribution in [0.5, 0.6) is 0 Å². The van der Waals surface area contributed by atoms with Crippen LogP contribution in [0, 0.1) is 0 Å². The van der Waals surface area contributed by atoms with Crippen molar-refractivity contribution in [3.63, 3.8) is 0 Å². The molecule has 0 aliphatic heterocycles. The molecule has 0 unspecified atom stereocenters. The van der Waals surface area contributed by atoms with Crippen molar-refractivity contribution >= 4 is 11.9 Å². The van der Waals surface area contributed by atoms with Gasteiger partial charge in [0.05, 0.1) is 0 Å². The first-order valence-electron chi connectivity index (χ1n) is 4.04. The summed E-state index contributed by atoms with van der Waals surface area (Å²) in [6.07, 6.45) is 4.02. The number of hydrogen-bond donors (Lipinski definition) is 1. The lowest BCUT2D eigenvalue weighted by Crippen LogP contribution is -2.14. The molecule has 5 heteroatoms. The van der Waals surface area contributed by atoms with E-state index in [9.17, 15) is 13.2 Å². The lowest BCUT2D eigenvalue weighted by atomic mass is 10.2. The van der Waals surface area contributed by atoms with Crippen LogP contribution in [-0.4, -0.2) is 12.1 Å². The molecule has 0 amide bonds. The van der Waals surface area contributed by atoms with Gasteiger partial charge in [-0.05, 0) is 6.42 Å². The van der Waals surface area contributed by atoms with Gasteiger partial charge in [0.15, 0.2) is 0 Å². The van der Waals surface area contributed by atoms with Crippen LogP contribution in [-0.2, 0) is 0 Å². The first-order valence-corrected chi connectivity index (χ1v) is 4.85. The molecule has 1 N–H and O–H groups in total. The van der Waals surface area contributed by atoms with Crippen molar-refractivity contribution in [2.24, 2.45) is 0 Å². The maximum absolute atomic E-state index is 11.5. The Morgan fingerprint density at radius 1 is 1.17 bits per heavy atom. The summed E-state index contributed by atoms with van der Waals surface area (Å²) in [5.74, 6) is 0. The highest BCUT2D eigenvalue weighted by Crippen LogP contribution is 2.26. The van der Waals surface area contributed by atoms with Crippen LogP contribution >= 0.6 is 11.9 Å². The molecule has 0 fully saturated rings. The standard InChI is InChI=1S/C7H14F3NS/c1-2-3-4-5-6-11-12-7(8,9)10/h11H,2-6H2,1H3. The van der Waals surface area contributed by atoms with E-state index in [1.54, 1.807) is 0 Å². The quantitative estimate of drug-likeness (QED) is 0.522. The molecular formula is C7H14F3NS. The van der Waals surface area contributed by atoms with Crippen molar-refractivity contribution < 1.29 is 13.2 Å². The third-order valence-electron chi connectivity index (χ3n) is 1.32. The van der Waals surface area contributed by atoms with E-state index in [-0.39, 0.29) is 11.9 Å². The Hall–Kier alpha value is 0.100. The number of nitrogens with one attached hydrogen (secondary N) is 1. The Labute approximate surface area is 75.2 Å². The zero-order chi connectivity index (χ0) is 9.45. The molecular weight excluding hydrogens is 187 g/mol. The molecule has 0 saturated carbocycles. The van der Waals surface area contributed by atoms with Gasteiger partial charge >= 0.3 is 5.51 Å². The molecule has 74 valence electrons. The number of rotatable bonds is 6. The minimum atomic E-state index is -4.15. The van der Waals surface area contributed by atoms with Crippen LogP contribution in [0.3, 0.4) is 0 Å². The summed E-state index contributed by atoms with van der Waals surface area (Å²) >= 11 is -0.158. The third-order valence-corrected chi connectivity index (χ3v) is 1.90. The Kier molecular flexibility index (Phi) is 6.65. The van der Waals surface area contributed by atoms with Gasteiger partial charge in [-0.25, -0.2) is 0 Å². The Balaban J connectivity index is 3.01. The zero-order valence-corrected chi connectivity index (χ0v) is 7.89. The minimum absolute atomic E-state index is 0.158. The summed E-state index contributed by atoms with van der Waals surface area (Å²) in [5.41, 5.74) is -4.15. The maximum Gasteiger partial charge on any atom is 0.456 e. The van der Waals surface area contributed by atoms with Gasteiger partial charge in [0.1, 0.15) is 0 Å². The van der Waals surface area contributed by atoms with E-state index in [4.69, 9.17) is 0 Å². The van der Waals surface area contributed by atoms with Crippen molar-refractivity contribution in [3.05, 3.63) is 0 Å².